The van der Waals surface area contributed by atoms with Gasteiger partial charge in [-0.15, -0.1) is 0 Å². The lowest BCUT2D eigenvalue weighted by molar-refractivity contribution is 0.00650. The Balaban J connectivity index is 3.24. The molecule has 0 unspecified atom stereocenters. The Bertz CT molecular complexity index is 449. The predicted molar refractivity (Wildman–Crippen MR) is 67.7 cm³/mol. The fourth-order valence-electron chi connectivity index (χ4n) is 1.51. The van der Waals surface area contributed by atoms with Gasteiger partial charge in [-0.05, 0) is 32.4 Å². The van der Waals surface area contributed by atoms with Crippen molar-refractivity contribution in [2.24, 2.45) is 5.73 Å². The molecule has 0 saturated carbocycles. The van der Waals surface area contributed by atoms with Gasteiger partial charge in [0.25, 0.3) is 0 Å². The number of esters is 1. The van der Waals surface area contributed by atoms with E-state index in [0.29, 0.717) is 5.56 Å². The van der Waals surface area contributed by atoms with Crippen molar-refractivity contribution in [3.05, 3.63) is 23.3 Å². The molecule has 0 aliphatic heterocycles. The Kier molecular flexibility index (Phi) is 4.19. The molecular weight excluding hydrogens is 234 g/mol. The smallest absolute Gasteiger partial charge is 0.342 e. The molecule has 1 aromatic carbocycles. The number of hydrogen-bond acceptors (Lipinski definition) is 5. The standard InChI is InChI=1S/C13H19NO4/c1-13(2,3)18-12(16)10-8(7-14)5-6-9(17-4)11(10)15/h5-6,15H,7,14H2,1-4H3. The van der Waals surface area contributed by atoms with Crippen LogP contribution in [0.4, 0.5) is 0 Å². The number of ether oxygens (including phenoxy) is 2. The zero-order valence-corrected chi connectivity index (χ0v) is 11.1. The second-order valence-corrected chi connectivity index (χ2v) is 4.86. The number of benzene rings is 1. The molecule has 0 heterocycles. The second kappa shape index (κ2) is 5.27. The molecule has 0 spiro atoms. The fourth-order valence-corrected chi connectivity index (χ4v) is 1.51. The predicted octanol–water partition coefficient (Wildman–Crippen LogP) is 1.81. The van der Waals surface area contributed by atoms with Crippen LogP contribution in [0.25, 0.3) is 0 Å². The molecular formula is C13H19NO4. The van der Waals surface area contributed by atoms with Crippen molar-refractivity contribution in [1.82, 2.24) is 0 Å². The Morgan fingerprint density at radius 1 is 1.39 bits per heavy atom. The molecule has 0 radical (unpaired) electrons. The lowest BCUT2D eigenvalue weighted by Gasteiger charge is -2.21. The molecule has 0 saturated heterocycles. The minimum atomic E-state index is -0.640. The molecule has 0 atom stereocenters. The minimum absolute atomic E-state index is 0.0618. The molecule has 5 heteroatoms. The topological polar surface area (TPSA) is 81.8 Å². The molecule has 5 nitrogen and oxygen atoms in total. The third-order valence-electron chi connectivity index (χ3n) is 2.27. The lowest BCUT2D eigenvalue weighted by Crippen LogP contribution is -2.25. The third kappa shape index (κ3) is 3.13. The summed E-state index contributed by atoms with van der Waals surface area (Å²) in [6, 6.07) is 3.20. The SMILES string of the molecule is COc1ccc(CN)c(C(=O)OC(C)(C)C)c1O. The van der Waals surface area contributed by atoms with Gasteiger partial charge in [0.15, 0.2) is 11.5 Å². The van der Waals surface area contributed by atoms with Crippen LogP contribution in [0.5, 0.6) is 11.5 Å². The van der Waals surface area contributed by atoms with Crippen LogP contribution in [0, 0.1) is 0 Å². The van der Waals surface area contributed by atoms with E-state index in [1.165, 1.54) is 7.11 Å². The first-order chi connectivity index (χ1) is 8.30. The van der Waals surface area contributed by atoms with E-state index in [0.717, 1.165) is 0 Å². The average molecular weight is 253 g/mol. The van der Waals surface area contributed by atoms with Gasteiger partial charge in [0.2, 0.25) is 0 Å². The van der Waals surface area contributed by atoms with Crippen molar-refractivity contribution in [1.29, 1.82) is 0 Å². The van der Waals surface area contributed by atoms with Gasteiger partial charge in [-0.1, -0.05) is 6.07 Å². The van der Waals surface area contributed by atoms with Crippen molar-refractivity contribution in [2.45, 2.75) is 32.9 Å². The van der Waals surface area contributed by atoms with Crippen LogP contribution in [0.1, 0.15) is 36.7 Å². The van der Waals surface area contributed by atoms with E-state index >= 15 is 0 Å². The summed E-state index contributed by atoms with van der Waals surface area (Å²) in [4.78, 5) is 12.0. The zero-order chi connectivity index (χ0) is 13.9. The monoisotopic (exact) mass is 253 g/mol. The van der Waals surface area contributed by atoms with E-state index in [2.05, 4.69) is 0 Å². The number of aromatic hydroxyl groups is 1. The number of carbonyl (C=O) groups excluding carboxylic acids is 1. The van der Waals surface area contributed by atoms with Crippen LogP contribution >= 0.6 is 0 Å². The molecule has 0 aromatic heterocycles. The lowest BCUT2D eigenvalue weighted by atomic mass is 10.1. The highest BCUT2D eigenvalue weighted by atomic mass is 16.6. The van der Waals surface area contributed by atoms with Gasteiger partial charge < -0.3 is 20.3 Å². The molecule has 0 fully saturated rings. The van der Waals surface area contributed by atoms with Gasteiger partial charge in [0.1, 0.15) is 11.2 Å². The summed E-state index contributed by atoms with van der Waals surface area (Å²) >= 11 is 0. The average Bonchev–Trinajstić information content (AvgIpc) is 2.25. The molecule has 0 bridgehead atoms. The van der Waals surface area contributed by atoms with Gasteiger partial charge in [0, 0.05) is 6.54 Å². The minimum Gasteiger partial charge on any atom is -0.504 e. The van der Waals surface area contributed by atoms with Gasteiger partial charge in [-0.2, -0.15) is 0 Å². The summed E-state index contributed by atoms with van der Waals surface area (Å²) in [6.45, 7) is 5.39. The first-order valence-corrected chi connectivity index (χ1v) is 5.62. The number of nitrogens with two attached hydrogens (primary N) is 1. The van der Waals surface area contributed by atoms with Crippen molar-refractivity contribution in [3.63, 3.8) is 0 Å². The second-order valence-electron chi connectivity index (χ2n) is 4.86. The van der Waals surface area contributed by atoms with Crippen molar-refractivity contribution >= 4 is 5.97 Å². The van der Waals surface area contributed by atoms with Crippen LogP contribution < -0.4 is 10.5 Å². The van der Waals surface area contributed by atoms with Crippen molar-refractivity contribution < 1.29 is 19.4 Å². The van der Waals surface area contributed by atoms with Crippen LogP contribution in [0.3, 0.4) is 0 Å². The third-order valence-corrected chi connectivity index (χ3v) is 2.27. The number of hydrogen-bond donors (Lipinski definition) is 2. The van der Waals surface area contributed by atoms with Gasteiger partial charge in [-0.25, -0.2) is 4.79 Å². The first-order valence-electron chi connectivity index (χ1n) is 5.62. The summed E-state index contributed by atoms with van der Waals surface area (Å²) in [7, 11) is 1.41. The fraction of sp³-hybridized carbons (Fsp3) is 0.462. The van der Waals surface area contributed by atoms with E-state index in [4.69, 9.17) is 15.2 Å². The maximum absolute atomic E-state index is 12.0. The van der Waals surface area contributed by atoms with E-state index < -0.39 is 11.6 Å². The molecule has 1 rings (SSSR count). The highest BCUT2D eigenvalue weighted by Crippen LogP contribution is 2.33. The number of carbonyl (C=O) groups is 1. The number of rotatable bonds is 3. The summed E-state index contributed by atoms with van der Waals surface area (Å²) in [5, 5.41) is 9.99. The van der Waals surface area contributed by atoms with E-state index in [9.17, 15) is 9.90 Å². The summed E-state index contributed by atoms with van der Waals surface area (Å²) < 4.78 is 10.2. The highest BCUT2D eigenvalue weighted by molar-refractivity contribution is 5.95. The molecule has 100 valence electrons. The Morgan fingerprint density at radius 2 is 2.00 bits per heavy atom. The number of phenolic OH excluding ortho intramolecular Hbond substituents is 1. The van der Waals surface area contributed by atoms with Crippen molar-refractivity contribution in [2.75, 3.05) is 7.11 Å². The van der Waals surface area contributed by atoms with Gasteiger partial charge in [-0.3, -0.25) is 0 Å². The van der Waals surface area contributed by atoms with E-state index in [1.807, 2.05) is 0 Å². The molecule has 0 aliphatic rings. The van der Waals surface area contributed by atoms with Crippen LogP contribution in [0.2, 0.25) is 0 Å². The maximum Gasteiger partial charge on any atom is 0.342 e. The molecule has 1 aromatic rings. The number of methoxy groups -OCH3 is 1. The normalized spacial score (nSPS) is 11.2. The molecule has 0 aliphatic carbocycles. The summed E-state index contributed by atoms with van der Waals surface area (Å²) in [6.07, 6.45) is 0. The van der Waals surface area contributed by atoms with E-state index in [-0.39, 0.29) is 23.6 Å². The largest absolute Gasteiger partial charge is 0.504 e. The highest BCUT2D eigenvalue weighted by Gasteiger charge is 2.25. The summed E-state index contributed by atoms with van der Waals surface area (Å²) in [5.74, 6) is -0.637. The van der Waals surface area contributed by atoms with Crippen LogP contribution in [-0.2, 0) is 11.3 Å². The van der Waals surface area contributed by atoms with Crippen LogP contribution in [-0.4, -0.2) is 23.8 Å². The van der Waals surface area contributed by atoms with Crippen molar-refractivity contribution in [3.8, 4) is 11.5 Å². The zero-order valence-electron chi connectivity index (χ0n) is 11.1. The Labute approximate surface area is 107 Å². The maximum atomic E-state index is 12.0. The van der Waals surface area contributed by atoms with Gasteiger partial charge >= 0.3 is 5.97 Å². The number of phenols is 1. The first kappa shape index (κ1) is 14.3. The Hall–Kier alpha value is -1.75. The van der Waals surface area contributed by atoms with Gasteiger partial charge in [0.05, 0.1) is 7.11 Å². The summed E-state index contributed by atoms with van der Waals surface area (Å²) in [5.41, 5.74) is 5.49. The van der Waals surface area contributed by atoms with E-state index in [1.54, 1.807) is 32.9 Å². The van der Waals surface area contributed by atoms with Crippen LogP contribution in [0.15, 0.2) is 12.1 Å². The molecule has 0 amide bonds. The Morgan fingerprint density at radius 3 is 2.44 bits per heavy atom. The quantitative estimate of drug-likeness (QED) is 0.803. The molecule has 3 N–H and O–H groups in total. The molecule has 18 heavy (non-hydrogen) atoms.